The molecule has 0 bridgehead atoms. The second-order valence-electron chi connectivity index (χ2n) is 4.02. The van der Waals surface area contributed by atoms with Crippen molar-refractivity contribution in [3.63, 3.8) is 0 Å². The molecule has 2 aromatic carbocycles. The third-order valence-electron chi connectivity index (χ3n) is 2.72. The molecule has 0 amide bonds. The zero-order valence-electron chi connectivity index (χ0n) is 10.8. The minimum Gasteiger partial charge on any atom is -0.478 e. The maximum absolute atomic E-state index is 9.30. The number of benzene rings is 2. The second kappa shape index (κ2) is 6.78. The first kappa shape index (κ1) is 13.4. The number of allylic oxidation sites excluding steroid dienone is 1. The molecule has 0 atom stereocenters. The van der Waals surface area contributed by atoms with Crippen molar-refractivity contribution in [2.45, 2.75) is 0 Å². The summed E-state index contributed by atoms with van der Waals surface area (Å²) in [7, 11) is 0. The van der Waals surface area contributed by atoms with E-state index in [1.165, 1.54) is 0 Å². The molecule has 0 aliphatic rings. The van der Waals surface area contributed by atoms with Crippen LogP contribution >= 0.6 is 0 Å². The Morgan fingerprint density at radius 2 is 1.70 bits per heavy atom. The van der Waals surface area contributed by atoms with Crippen molar-refractivity contribution < 1.29 is 4.74 Å². The molecule has 0 aliphatic carbocycles. The Labute approximate surface area is 118 Å². The fourth-order valence-electron chi connectivity index (χ4n) is 1.79. The van der Waals surface area contributed by atoms with Crippen LogP contribution in [0.4, 0.5) is 0 Å². The molecule has 0 unspecified atom stereocenters. The number of hydrogen-bond donors (Lipinski definition) is 0. The molecular weight excluding hydrogens is 248 g/mol. The van der Waals surface area contributed by atoms with Crippen LogP contribution in [0.5, 0.6) is 5.75 Å². The topological polar surface area (TPSA) is 56.8 Å². The molecule has 0 aromatic heterocycles. The highest BCUT2D eigenvalue weighted by atomic mass is 16.5. The van der Waals surface area contributed by atoms with Gasteiger partial charge in [0, 0.05) is 5.56 Å². The van der Waals surface area contributed by atoms with Gasteiger partial charge >= 0.3 is 0 Å². The van der Waals surface area contributed by atoms with Crippen molar-refractivity contribution in [1.29, 1.82) is 10.5 Å². The molecule has 20 heavy (non-hydrogen) atoms. The first-order chi connectivity index (χ1) is 9.85. The second-order valence-corrected chi connectivity index (χ2v) is 4.02. The summed E-state index contributed by atoms with van der Waals surface area (Å²) < 4.78 is 5.35. The van der Waals surface area contributed by atoms with Crippen molar-refractivity contribution in [1.82, 2.24) is 0 Å². The third kappa shape index (κ3) is 3.25. The summed E-state index contributed by atoms with van der Waals surface area (Å²) in [5.41, 5.74) is 2.19. The highest BCUT2D eigenvalue weighted by Gasteiger charge is 2.04. The standard InChI is InChI=1S/C17H12N2O/c18-10-11-20-17-9-5-4-8-15(17)12-16(13-19)14-6-2-1-3-7-14/h1-9,12H,11H2/b16-12+. The maximum atomic E-state index is 9.30. The van der Waals surface area contributed by atoms with Crippen LogP contribution in [0.2, 0.25) is 0 Å². The number of nitrogens with zero attached hydrogens (tertiary/aromatic N) is 2. The Bertz CT molecular complexity index is 691. The van der Waals surface area contributed by atoms with Crippen LogP contribution in [-0.4, -0.2) is 6.61 Å². The number of nitriles is 2. The van der Waals surface area contributed by atoms with E-state index in [0.717, 1.165) is 11.1 Å². The average molecular weight is 260 g/mol. The summed E-state index contributed by atoms with van der Waals surface area (Å²) in [5, 5.41) is 17.9. The lowest BCUT2D eigenvalue weighted by molar-refractivity contribution is 0.367. The van der Waals surface area contributed by atoms with E-state index in [2.05, 4.69) is 6.07 Å². The molecule has 96 valence electrons. The van der Waals surface area contributed by atoms with Crippen molar-refractivity contribution in [3.8, 4) is 17.9 Å². The van der Waals surface area contributed by atoms with Gasteiger partial charge in [0.05, 0.1) is 11.6 Å². The molecular formula is C17H12N2O. The monoisotopic (exact) mass is 260 g/mol. The summed E-state index contributed by atoms with van der Waals surface area (Å²) in [6.45, 7) is -0.0158. The minimum absolute atomic E-state index is 0.0158. The van der Waals surface area contributed by atoms with Crippen LogP contribution in [0.1, 0.15) is 11.1 Å². The van der Waals surface area contributed by atoms with Gasteiger partial charge in [-0.15, -0.1) is 0 Å². The number of para-hydroxylation sites is 1. The van der Waals surface area contributed by atoms with Crippen LogP contribution in [0.25, 0.3) is 11.6 Å². The summed E-state index contributed by atoms with van der Waals surface area (Å²) in [4.78, 5) is 0. The number of ether oxygens (including phenoxy) is 1. The van der Waals surface area contributed by atoms with Gasteiger partial charge < -0.3 is 4.74 Å². The van der Waals surface area contributed by atoms with E-state index in [0.29, 0.717) is 11.3 Å². The van der Waals surface area contributed by atoms with Crippen molar-refractivity contribution in [3.05, 3.63) is 65.7 Å². The van der Waals surface area contributed by atoms with Gasteiger partial charge in [-0.3, -0.25) is 0 Å². The number of hydrogen-bond acceptors (Lipinski definition) is 3. The molecule has 0 spiro atoms. The van der Waals surface area contributed by atoms with Gasteiger partial charge in [-0.25, -0.2) is 0 Å². The van der Waals surface area contributed by atoms with E-state index in [1.54, 1.807) is 12.1 Å². The van der Waals surface area contributed by atoms with Crippen LogP contribution in [0, 0.1) is 22.7 Å². The van der Waals surface area contributed by atoms with Gasteiger partial charge in [-0.1, -0.05) is 48.5 Å². The van der Waals surface area contributed by atoms with Crippen LogP contribution in [0.3, 0.4) is 0 Å². The Hall–Kier alpha value is -3.04. The van der Waals surface area contributed by atoms with Crippen LogP contribution in [0.15, 0.2) is 54.6 Å². The van der Waals surface area contributed by atoms with Gasteiger partial charge in [-0.05, 0) is 17.7 Å². The predicted octanol–water partition coefficient (Wildman–Crippen LogP) is 3.65. The van der Waals surface area contributed by atoms with Crippen LogP contribution in [-0.2, 0) is 0 Å². The molecule has 3 heteroatoms. The van der Waals surface area contributed by atoms with Gasteiger partial charge in [0.15, 0.2) is 6.61 Å². The molecule has 0 radical (unpaired) electrons. The largest absolute Gasteiger partial charge is 0.478 e. The fraction of sp³-hybridized carbons (Fsp3) is 0.0588. The average Bonchev–Trinajstić information content (AvgIpc) is 2.52. The third-order valence-corrected chi connectivity index (χ3v) is 2.72. The summed E-state index contributed by atoms with van der Waals surface area (Å²) in [6, 6.07) is 20.9. The first-order valence-electron chi connectivity index (χ1n) is 6.11. The number of rotatable bonds is 4. The lowest BCUT2D eigenvalue weighted by Crippen LogP contribution is -1.95. The molecule has 0 saturated carbocycles. The van der Waals surface area contributed by atoms with E-state index >= 15 is 0 Å². The van der Waals surface area contributed by atoms with E-state index in [-0.39, 0.29) is 6.61 Å². The molecule has 0 heterocycles. The summed E-state index contributed by atoms with van der Waals surface area (Å²) in [6.07, 6.45) is 1.77. The molecule has 3 nitrogen and oxygen atoms in total. The Morgan fingerprint density at radius 3 is 2.40 bits per heavy atom. The lowest BCUT2D eigenvalue weighted by Gasteiger charge is -2.06. The van der Waals surface area contributed by atoms with Crippen molar-refractivity contribution in [2.75, 3.05) is 6.61 Å². The molecule has 0 N–H and O–H groups in total. The van der Waals surface area contributed by atoms with Crippen molar-refractivity contribution >= 4 is 11.6 Å². The zero-order chi connectivity index (χ0) is 14.2. The van der Waals surface area contributed by atoms with Gasteiger partial charge in [0.25, 0.3) is 0 Å². The van der Waals surface area contributed by atoms with Gasteiger partial charge in [0.1, 0.15) is 11.8 Å². The van der Waals surface area contributed by atoms with Crippen molar-refractivity contribution in [2.24, 2.45) is 0 Å². The first-order valence-corrected chi connectivity index (χ1v) is 6.11. The SMILES string of the molecule is N#CCOc1ccccc1/C=C(\C#N)c1ccccc1. The Kier molecular flexibility index (Phi) is 4.54. The van der Waals surface area contributed by atoms with Crippen LogP contribution < -0.4 is 4.74 Å². The van der Waals surface area contributed by atoms with Gasteiger partial charge in [-0.2, -0.15) is 10.5 Å². The molecule has 0 saturated heterocycles. The summed E-state index contributed by atoms with van der Waals surface area (Å²) >= 11 is 0. The predicted molar refractivity (Wildman–Crippen MR) is 77.5 cm³/mol. The quantitative estimate of drug-likeness (QED) is 0.622. The smallest absolute Gasteiger partial charge is 0.174 e. The molecule has 0 fully saturated rings. The molecule has 2 rings (SSSR count). The highest BCUT2D eigenvalue weighted by molar-refractivity contribution is 5.90. The molecule has 2 aromatic rings. The Morgan fingerprint density at radius 1 is 1.00 bits per heavy atom. The van der Waals surface area contributed by atoms with Gasteiger partial charge in [0.2, 0.25) is 0 Å². The minimum atomic E-state index is -0.0158. The summed E-state index contributed by atoms with van der Waals surface area (Å²) in [5.74, 6) is 0.595. The Balaban J connectivity index is 2.39. The lowest BCUT2D eigenvalue weighted by atomic mass is 10.0. The maximum Gasteiger partial charge on any atom is 0.174 e. The fourth-order valence-corrected chi connectivity index (χ4v) is 1.79. The normalized spacial score (nSPS) is 10.4. The van der Waals surface area contributed by atoms with E-state index in [1.807, 2.05) is 54.6 Å². The van der Waals surface area contributed by atoms with E-state index in [9.17, 15) is 5.26 Å². The van der Waals surface area contributed by atoms with E-state index < -0.39 is 0 Å². The highest BCUT2D eigenvalue weighted by Crippen LogP contribution is 2.24. The van der Waals surface area contributed by atoms with E-state index in [4.69, 9.17) is 10.00 Å². The molecule has 0 aliphatic heterocycles. The zero-order valence-corrected chi connectivity index (χ0v) is 10.8.